The lowest BCUT2D eigenvalue weighted by Gasteiger charge is -2.41. The predicted octanol–water partition coefficient (Wildman–Crippen LogP) is 1.46. The van der Waals surface area contributed by atoms with Gasteiger partial charge in [-0.05, 0) is 37.0 Å². The summed E-state index contributed by atoms with van der Waals surface area (Å²) >= 11 is 0. The number of nitrogens with one attached hydrogen (secondary N) is 2. The minimum Gasteiger partial charge on any atom is -0.383 e. The van der Waals surface area contributed by atoms with Gasteiger partial charge < -0.3 is 15.7 Å². The van der Waals surface area contributed by atoms with E-state index in [1.165, 1.54) is 19.2 Å². The van der Waals surface area contributed by atoms with Crippen molar-refractivity contribution in [3.05, 3.63) is 29.8 Å². The lowest BCUT2D eigenvalue weighted by molar-refractivity contribution is -0.212. The van der Waals surface area contributed by atoms with Crippen molar-refractivity contribution in [3.8, 4) is 0 Å². The summed E-state index contributed by atoms with van der Waals surface area (Å²) in [5.41, 5.74) is -1.36. The minimum absolute atomic E-state index is 0.0848. The average Bonchev–Trinajstić information content (AvgIpc) is 2.46. The summed E-state index contributed by atoms with van der Waals surface area (Å²) in [7, 11) is 1.52. The normalized spacial score (nSPS) is 16.5. The number of anilines is 1. The molecule has 1 aliphatic rings. The van der Waals surface area contributed by atoms with Crippen molar-refractivity contribution >= 4 is 17.5 Å². The summed E-state index contributed by atoms with van der Waals surface area (Å²) < 4.78 is 27.8. The van der Waals surface area contributed by atoms with Crippen LogP contribution < -0.4 is 10.6 Å². The second kappa shape index (κ2) is 6.00. The number of hydrogen-bond donors (Lipinski definition) is 3. The molecule has 3 N–H and O–H groups in total. The molecule has 0 aromatic heterocycles. The molecule has 0 unspecified atom stereocenters. The summed E-state index contributed by atoms with van der Waals surface area (Å²) in [4.78, 5) is 22.9. The Labute approximate surface area is 126 Å². The van der Waals surface area contributed by atoms with Gasteiger partial charge in [-0.2, -0.15) is 8.78 Å². The highest BCUT2D eigenvalue weighted by Gasteiger charge is 2.61. The topological polar surface area (TPSA) is 78.4 Å². The fraction of sp³-hybridized carbons (Fsp3) is 0.467. The number of carbonyl (C=O) groups is 2. The highest BCUT2D eigenvalue weighted by Crippen LogP contribution is 2.44. The maximum atomic E-state index is 13.9. The first-order valence-corrected chi connectivity index (χ1v) is 7.00. The van der Waals surface area contributed by atoms with E-state index in [2.05, 4.69) is 10.6 Å². The van der Waals surface area contributed by atoms with Crippen molar-refractivity contribution in [1.82, 2.24) is 5.32 Å². The highest BCUT2D eigenvalue weighted by atomic mass is 19.3. The Hall–Kier alpha value is -2.02. The molecular formula is C15H18F2N2O3. The van der Waals surface area contributed by atoms with Crippen molar-refractivity contribution in [2.45, 2.75) is 37.2 Å². The SMILES string of the molecule is CNC(=O)Cc1ccc(NC(=O)C(F)(F)C2(O)CCC2)cc1. The second-order valence-electron chi connectivity index (χ2n) is 5.46. The van der Waals surface area contributed by atoms with Crippen LogP contribution in [0.3, 0.4) is 0 Å². The van der Waals surface area contributed by atoms with Gasteiger partial charge in [-0.1, -0.05) is 12.1 Å². The number of carbonyl (C=O) groups excluding carboxylic acids is 2. The molecule has 1 aromatic carbocycles. The number of likely N-dealkylation sites (N-methyl/N-ethyl adjacent to an activating group) is 1. The van der Waals surface area contributed by atoms with Crippen LogP contribution in [0.1, 0.15) is 24.8 Å². The molecule has 0 aliphatic heterocycles. The van der Waals surface area contributed by atoms with E-state index in [4.69, 9.17) is 0 Å². The summed E-state index contributed by atoms with van der Waals surface area (Å²) in [5, 5.41) is 14.3. The molecule has 1 aromatic rings. The zero-order valence-electron chi connectivity index (χ0n) is 12.2. The molecule has 0 spiro atoms. The van der Waals surface area contributed by atoms with Crippen LogP contribution in [0, 0.1) is 0 Å². The van der Waals surface area contributed by atoms with E-state index >= 15 is 0 Å². The standard InChI is InChI=1S/C15H18F2N2O3/c1-18-12(20)9-10-3-5-11(6-4-10)19-13(21)15(16,17)14(22)7-2-8-14/h3-6,22H,2,7-9H2,1H3,(H,18,20)(H,19,21). The van der Waals surface area contributed by atoms with Crippen LogP contribution in [0.5, 0.6) is 0 Å². The highest BCUT2D eigenvalue weighted by molar-refractivity contribution is 5.97. The molecule has 1 fully saturated rings. The number of halogens is 2. The van der Waals surface area contributed by atoms with Crippen LogP contribution >= 0.6 is 0 Å². The van der Waals surface area contributed by atoms with E-state index in [9.17, 15) is 23.5 Å². The van der Waals surface area contributed by atoms with Gasteiger partial charge in [0.25, 0.3) is 5.91 Å². The maximum absolute atomic E-state index is 13.9. The van der Waals surface area contributed by atoms with Crippen molar-refractivity contribution < 1.29 is 23.5 Å². The molecule has 0 radical (unpaired) electrons. The van der Waals surface area contributed by atoms with Gasteiger partial charge in [-0.15, -0.1) is 0 Å². The first-order chi connectivity index (χ1) is 10.3. The Morgan fingerprint density at radius 1 is 1.27 bits per heavy atom. The van der Waals surface area contributed by atoms with Crippen molar-refractivity contribution in [2.24, 2.45) is 0 Å². The van der Waals surface area contributed by atoms with Gasteiger partial charge in [-0.3, -0.25) is 9.59 Å². The number of benzene rings is 1. The van der Waals surface area contributed by atoms with Crippen molar-refractivity contribution in [1.29, 1.82) is 0 Å². The molecule has 22 heavy (non-hydrogen) atoms. The van der Waals surface area contributed by atoms with Crippen LogP contribution in [0.15, 0.2) is 24.3 Å². The molecule has 0 saturated heterocycles. The van der Waals surface area contributed by atoms with Crippen molar-refractivity contribution in [2.75, 3.05) is 12.4 Å². The van der Waals surface area contributed by atoms with E-state index in [0.717, 1.165) is 0 Å². The molecule has 120 valence electrons. The Bertz CT molecular complexity index is 569. The number of aliphatic hydroxyl groups is 1. The van der Waals surface area contributed by atoms with Crippen LogP contribution in [-0.2, 0) is 16.0 Å². The number of alkyl halides is 2. The summed E-state index contributed by atoms with van der Waals surface area (Å²) in [6.45, 7) is 0. The maximum Gasteiger partial charge on any atom is 0.352 e. The fourth-order valence-electron chi connectivity index (χ4n) is 2.23. The van der Waals surface area contributed by atoms with E-state index < -0.39 is 17.4 Å². The zero-order valence-corrected chi connectivity index (χ0v) is 12.2. The van der Waals surface area contributed by atoms with E-state index in [1.807, 2.05) is 0 Å². The number of amides is 2. The number of rotatable bonds is 5. The van der Waals surface area contributed by atoms with Gasteiger partial charge in [0.1, 0.15) is 5.60 Å². The number of hydrogen-bond acceptors (Lipinski definition) is 3. The van der Waals surface area contributed by atoms with Gasteiger partial charge in [0.15, 0.2) is 0 Å². The molecule has 2 rings (SSSR count). The Morgan fingerprint density at radius 2 is 1.86 bits per heavy atom. The third-order valence-corrected chi connectivity index (χ3v) is 3.91. The Kier molecular flexibility index (Phi) is 4.46. The molecule has 0 atom stereocenters. The lowest BCUT2D eigenvalue weighted by Crippen LogP contribution is -2.59. The minimum atomic E-state index is -3.83. The monoisotopic (exact) mass is 312 g/mol. The van der Waals surface area contributed by atoms with Crippen LogP contribution in [0.25, 0.3) is 0 Å². The second-order valence-corrected chi connectivity index (χ2v) is 5.46. The summed E-state index contributed by atoms with van der Waals surface area (Å²) in [6.07, 6.45) is 0.477. The van der Waals surface area contributed by atoms with Gasteiger partial charge >= 0.3 is 5.92 Å². The molecule has 5 nitrogen and oxygen atoms in total. The lowest BCUT2D eigenvalue weighted by atomic mass is 9.75. The van der Waals surface area contributed by atoms with Gasteiger partial charge in [0.2, 0.25) is 5.91 Å². The van der Waals surface area contributed by atoms with Crippen molar-refractivity contribution in [3.63, 3.8) is 0 Å². The first kappa shape index (κ1) is 16.4. The van der Waals surface area contributed by atoms with Crippen LogP contribution in [-0.4, -0.2) is 35.5 Å². The van der Waals surface area contributed by atoms with Crippen LogP contribution in [0.2, 0.25) is 0 Å². The summed E-state index contributed by atoms with van der Waals surface area (Å²) in [6, 6.07) is 6.02. The quantitative estimate of drug-likeness (QED) is 0.770. The zero-order chi connectivity index (χ0) is 16.4. The van der Waals surface area contributed by atoms with Crippen LogP contribution in [0.4, 0.5) is 14.5 Å². The molecule has 0 bridgehead atoms. The molecule has 7 heteroatoms. The van der Waals surface area contributed by atoms with Gasteiger partial charge in [0, 0.05) is 12.7 Å². The van der Waals surface area contributed by atoms with E-state index in [1.54, 1.807) is 12.1 Å². The third kappa shape index (κ3) is 3.09. The van der Waals surface area contributed by atoms with Gasteiger partial charge in [-0.25, -0.2) is 0 Å². The largest absolute Gasteiger partial charge is 0.383 e. The summed E-state index contributed by atoms with van der Waals surface area (Å²) in [5.74, 6) is -5.52. The average molecular weight is 312 g/mol. The smallest absolute Gasteiger partial charge is 0.352 e. The van der Waals surface area contributed by atoms with Gasteiger partial charge in [0.05, 0.1) is 6.42 Å². The molecule has 2 amide bonds. The molecular weight excluding hydrogens is 294 g/mol. The molecule has 1 aliphatic carbocycles. The first-order valence-electron chi connectivity index (χ1n) is 7.00. The predicted molar refractivity (Wildman–Crippen MR) is 76.6 cm³/mol. The molecule has 1 saturated carbocycles. The third-order valence-electron chi connectivity index (χ3n) is 3.91. The fourth-order valence-corrected chi connectivity index (χ4v) is 2.23. The van der Waals surface area contributed by atoms with E-state index in [-0.39, 0.29) is 30.9 Å². The molecule has 0 heterocycles. The Morgan fingerprint density at radius 3 is 2.32 bits per heavy atom. The Balaban J connectivity index is 2.01. The van der Waals surface area contributed by atoms with E-state index in [0.29, 0.717) is 12.0 Å².